The van der Waals surface area contributed by atoms with Gasteiger partial charge in [0, 0.05) is 29.6 Å². The lowest BCUT2D eigenvalue weighted by atomic mass is 9.77. The Morgan fingerprint density at radius 1 is 1.26 bits per heavy atom. The summed E-state index contributed by atoms with van der Waals surface area (Å²) in [4.78, 5) is 16.6. The molecule has 2 N–H and O–H groups in total. The van der Waals surface area contributed by atoms with Crippen molar-refractivity contribution in [2.75, 3.05) is 19.0 Å². The number of hydrogen-bond acceptors (Lipinski definition) is 6. The second-order valence-electron chi connectivity index (χ2n) is 8.41. The number of fused-ring (bicyclic) bond motifs is 2. The monoisotopic (exact) mass is 422 g/mol. The summed E-state index contributed by atoms with van der Waals surface area (Å²) in [7, 11) is 1.60. The van der Waals surface area contributed by atoms with Gasteiger partial charge in [0.05, 0.1) is 30.9 Å². The normalized spacial score (nSPS) is 23.4. The summed E-state index contributed by atoms with van der Waals surface area (Å²) in [5, 5.41) is 4.23. The summed E-state index contributed by atoms with van der Waals surface area (Å²) < 4.78 is 26.8. The van der Waals surface area contributed by atoms with Gasteiger partial charge in [0.1, 0.15) is 11.3 Å². The lowest BCUT2D eigenvalue weighted by molar-refractivity contribution is -0.165. The van der Waals surface area contributed by atoms with Crippen molar-refractivity contribution in [3.05, 3.63) is 36.7 Å². The average Bonchev–Trinajstić information content (AvgIpc) is 3.36. The van der Waals surface area contributed by atoms with Crippen LogP contribution in [0, 0.1) is 5.95 Å². The Labute approximate surface area is 177 Å². The number of rotatable bonds is 4. The van der Waals surface area contributed by atoms with Crippen molar-refractivity contribution in [2.24, 2.45) is 0 Å². The Balaban J connectivity index is 1.32. The van der Waals surface area contributed by atoms with Crippen molar-refractivity contribution in [1.82, 2.24) is 24.3 Å². The molecule has 8 nitrogen and oxygen atoms in total. The van der Waals surface area contributed by atoms with Crippen LogP contribution in [0.15, 0.2) is 30.7 Å². The average molecular weight is 422 g/mol. The van der Waals surface area contributed by atoms with Crippen LogP contribution < -0.4 is 10.1 Å². The molecule has 1 saturated heterocycles. The molecule has 1 saturated carbocycles. The highest BCUT2D eigenvalue weighted by Gasteiger charge is 2.41. The van der Waals surface area contributed by atoms with Gasteiger partial charge in [-0.25, -0.2) is 4.98 Å². The zero-order valence-corrected chi connectivity index (χ0v) is 17.2. The number of imidazole rings is 1. The van der Waals surface area contributed by atoms with Gasteiger partial charge in [0.25, 0.3) is 0 Å². The molecule has 1 aliphatic heterocycles. The first-order valence-electron chi connectivity index (χ1n) is 10.6. The van der Waals surface area contributed by atoms with Gasteiger partial charge in [-0.1, -0.05) is 0 Å². The number of hydrogen-bond donors (Lipinski definition) is 2. The molecule has 0 radical (unpaired) electrons. The Kier molecular flexibility index (Phi) is 4.14. The minimum atomic E-state index is -0.409. The van der Waals surface area contributed by atoms with Crippen molar-refractivity contribution < 1.29 is 13.9 Å². The van der Waals surface area contributed by atoms with Crippen LogP contribution in [0.25, 0.3) is 27.8 Å². The van der Waals surface area contributed by atoms with Gasteiger partial charge in [-0.2, -0.15) is 14.4 Å². The Morgan fingerprint density at radius 2 is 2.10 bits per heavy atom. The number of nitrogens with one attached hydrogen (secondary N) is 2. The van der Waals surface area contributed by atoms with Gasteiger partial charge in [-0.05, 0) is 44.2 Å². The maximum atomic E-state index is 14.0. The molecular formula is C22H23FN6O2. The molecule has 0 unspecified atom stereocenters. The van der Waals surface area contributed by atoms with Gasteiger partial charge in [0.15, 0.2) is 0 Å². The number of methoxy groups -OCH3 is 1. The molecule has 2 fully saturated rings. The molecule has 9 heteroatoms. The number of aromatic amines is 1. The molecule has 0 aromatic carbocycles. The van der Waals surface area contributed by atoms with Gasteiger partial charge in [-0.15, -0.1) is 0 Å². The lowest BCUT2D eigenvalue weighted by Crippen LogP contribution is -2.48. The fourth-order valence-electron chi connectivity index (χ4n) is 4.81. The first kappa shape index (κ1) is 18.6. The molecule has 1 spiro atoms. The highest BCUT2D eigenvalue weighted by molar-refractivity contribution is 5.97. The molecule has 31 heavy (non-hydrogen) atoms. The van der Waals surface area contributed by atoms with Crippen molar-refractivity contribution in [3.63, 3.8) is 0 Å². The largest absolute Gasteiger partial charge is 0.480 e. The topological polar surface area (TPSA) is 89.4 Å². The molecule has 4 aromatic heterocycles. The summed E-state index contributed by atoms with van der Waals surface area (Å²) in [6, 6.07) is 4.00. The Bertz CT molecular complexity index is 1270. The van der Waals surface area contributed by atoms with E-state index in [9.17, 15) is 4.39 Å². The van der Waals surface area contributed by atoms with Crippen molar-refractivity contribution in [1.29, 1.82) is 0 Å². The zero-order chi connectivity index (χ0) is 21.0. The lowest BCUT2D eigenvalue weighted by Gasteiger charge is -2.46. The second-order valence-corrected chi connectivity index (χ2v) is 8.41. The van der Waals surface area contributed by atoms with Crippen LogP contribution in [0.1, 0.15) is 32.1 Å². The number of halogens is 1. The first-order chi connectivity index (χ1) is 15.1. The number of nitrogens with zero attached hydrogens (tertiary/aromatic N) is 4. The minimum absolute atomic E-state index is 0.130. The fourth-order valence-corrected chi connectivity index (χ4v) is 4.81. The van der Waals surface area contributed by atoms with E-state index in [1.165, 1.54) is 17.0 Å². The molecule has 160 valence electrons. The Morgan fingerprint density at radius 3 is 2.84 bits per heavy atom. The molecule has 4 aromatic rings. The van der Waals surface area contributed by atoms with Crippen LogP contribution >= 0.6 is 0 Å². The van der Waals surface area contributed by atoms with E-state index in [0.29, 0.717) is 29.2 Å². The third kappa shape index (κ3) is 3.03. The van der Waals surface area contributed by atoms with Crippen LogP contribution in [0.3, 0.4) is 0 Å². The molecular weight excluding hydrogens is 399 g/mol. The third-order valence-electron chi connectivity index (χ3n) is 6.66. The molecule has 0 bridgehead atoms. The summed E-state index contributed by atoms with van der Waals surface area (Å²) in [5.41, 5.74) is 3.01. The smallest absolute Gasteiger partial charge is 0.228 e. The van der Waals surface area contributed by atoms with Crippen LogP contribution in [-0.2, 0) is 4.74 Å². The number of H-pyrrole nitrogens is 1. The quantitative estimate of drug-likeness (QED) is 0.518. The summed E-state index contributed by atoms with van der Waals surface area (Å²) in [5.74, 6) is 0.613. The van der Waals surface area contributed by atoms with E-state index in [-0.39, 0.29) is 5.60 Å². The van der Waals surface area contributed by atoms with Crippen LogP contribution in [0.2, 0.25) is 0 Å². The van der Waals surface area contributed by atoms with Gasteiger partial charge < -0.3 is 19.8 Å². The Hall–Kier alpha value is -3.20. The van der Waals surface area contributed by atoms with Crippen LogP contribution in [0.4, 0.5) is 10.3 Å². The van der Waals surface area contributed by atoms with Gasteiger partial charge in [-0.3, -0.25) is 4.40 Å². The molecule has 6 rings (SSSR count). The molecule has 1 aliphatic carbocycles. The molecule has 0 amide bonds. The predicted molar refractivity (Wildman–Crippen MR) is 114 cm³/mol. The molecule has 5 heterocycles. The van der Waals surface area contributed by atoms with E-state index in [0.717, 1.165) is 48.8 Å². The van der Waals surface area contributed by atoms with E-state index < -0.39 is 5.95 Å². The number of ether oxygens (including phenoxy) is 2. The standard InChI is InChI=1S/C22H23FN6O2/c1-30-20-18-15(13-2-3-17-24-11-16(23)29(17)12-13)10-25-19(18)27-21(28-20)26-14-4-6-22(7-5-14)8-9-31-22/h2-3,10-12,14H,4-9H2,1H3,(H2,25,26,27,28)/t14-,22-. The molecule has 2 aliphatic rings. The van der Waals surface area contributed by atoms with Crippen molar-refractivity contribution >= 4 is 22.6 Å². The van der Waals surface area contributed by atoms with Gasteiger partial charge in [0.2, 0.25) is 17.8 Å². The fraction of sp³-hybridized carbons (Fsp3) is 0.409. The SMILES string of the molecule is COc1nc(N[C@H]2CC[C@@]3(CCO3)CC2)nc2[nH]cc(-c3ccc4ncc(F)n4c3)c12. The van der Waals surface area contributed by atoms with E-state index in [2.05, 4.69) is 25.3 Å². The van der Waals surface area contributed by atoms with Crippen molar-refractivity contribution in [2.45, 2.75) is 43.7 Å². The minimum Gasteiger partial charge on any atom is -0.480 e. The second kappa shape index (κ2) is 6.91. The summed E-state index contributed by atoms with van der Waals surface area (Å²) >= 11 is 0. The number of pyridine rings is 1. The van der Waals surface area contributed by atoms with Crippen LogP contribution in [0.5, 0.6) is 5.88 Å². The van der Waals surface area contributed by atoms with Gasteiger partial charge >= 0.3 is 0 Å². The van der Waals surface area contributed by atoms with E-state index in [4.69, 9.17) is 9.47 Å². The summed E-state index contributed by atoms with van der Waals surface area (Å²) in [6.07, 6.45) is 10.2. The highest BCUT2D eigenvalue weighted by Crippen LogP contribution is 2.41. The van der Waals surface area contributed by atoms with E-state index >= 15 is 0 Å². The van der Waals surface area contributed by atoms with Crippen LogP contribution in [-0.4, -0.2) is 49.7 Å². The number of anilines is 1. The third-order valence-corrected chi connectivity index (χ3v) is 6.66. The highest BCUT2D eigenvalue weighted by atomic mass is 19.1. The van der Waals surface area contributed by atoms with E-state index in [1.807, 2.05) is 12.3 Å². The maximum absolute atomic E-state index is 14.0. The number of aromatic nitrogens is 5. The predicted octanol–water partition coefficient (Wildman–Crippen LogP) is 3.93. The summed E-state index contributed by atoms with van der Waals surface area (Å²) in [6.45, 7) is 0.894. The maximum Gasteiger partial charge on any atom is 0.228 e. The molecule has 0 atom stereocenters. The zero-order valence-electron chi connectivity index (χ0n) is 17.2. The first-order valence-corrected chi connectivity index (χ1v) is 10.6. The van der Waals surface area contributed by atoms with Crippen molar-refractivity contribution in [3.8, 4) is 17.0 Å². The van der Waals surface area contributed by atoms with E-state index in [1.54, 1.807) is 19.4 Å².